The number of ketones is 1. The molecule has 0 saturated heterocycles. The fraction of sp³-hybridized carbons (Fsp3) is 0.318. The van der Waals surface area contributed by atoms with Gasteiger partial charge in [-0.15, -0.1) is 0 Å². The Morgan fingerprint density at radius 1 is 0.893 bits per heavy atom. The molecule has 0 spiro atoms. The first-order valence-corrected chi connectivity index (χ1v) is 9.31. The van der Waals surface area contributed by atoms with Crippen LogP contribution in [0.5, 0.6) is 0 Å². The molecule has 0 aliphatic carbocycles. The molecule has 0 saturated carbocycles. The van der Waals surface area contributed by atoms with Crippen LogP contribution in [0.2, 0.25) is 0 Å². The van der Waals surface area contributed by atoms with E-state index in [2.05, 4.69) is 10.6 Å². The SMILES string of the molecule is CCc1ccc(C(=O)COC(=O)c2ccc(CNC(=O)NC(C)C)cc2)cc1. The van der Waals surface area contributed by atoms with E-state index in [9.17, 15) is 14.4 Å². The van der Waals surface area contributed by atoms with Gasteiger partial charge in [0, 0.05) is 18.2 Å². The quantitative estimate of drug-likeness (QED) is 0.541. The number of rotatable bonds is 8. The molecule has 0 heterocycles. The largest absolute Gasteiger partial charge is 0.454 e. The summed E-state index contributed by atoms with van der Waals surface area (Å²) in [6, 6.07) is 13.8. The van der Waals surface area contributed by atoms with Crippen molar-refractivity contribution in [1.29, 1.82) is 0 Å². The summed E-state index contributed by atoms with van der Waals surface area (Å²) in [5.41, 5.74) is 2.86. The minimum Gasteiger partial charge on any atom is -0.454 e. The van der Waals surface area contributed by atoms with Crippen molar-refractivity contribution in [3.05, 3.63) is 70.8 Å². The monoisotopic (exact) mass is 382 g/mol. The highest BCUT2D eigenvalue weighted by atomic mass is 16.5. The molecule has 0 aliphatic heterocycles. The minimum atomic E-state index is -0.560. The van der Waals surface area contributed by atoms with E-state index in [0.29, 0.717) is 17.7 Å². The van der Waals surface area contributed by atoms with E-state index < -0.39 is 5.97 Å². The van der Waals surface area contributed by atoms with Crippen LogP contribution in [0.4, 0.5) is 4.79 Å². The normalized spacial score (nSPS) is 10.4. The Kier molecular flexibility index (Phi) is 7.75. The highest BCUT2D eigenvalue weighted by molar-refractivity contribution is 5.99. The number of aryl methyl sites for hydroxylation is 1. The number of benzene rings is 2. The summed E-state index contributed by atoms with van der Waals surface area (Å²) < 4.78 is 5.11. The second-order valence-electron chi connectivity index (χ2n) is 6.73. The predicted molar refractivity (Wildman–Crippen MR) is 107 cm³/mol. The Morgan fingerprint density at radius 3 is 2.04 bits per heavy atom. The van der Waals surface area contributed by atoms with Gasteiger partial charge in [0.2, 0.25) is 0 Å². The molecule has 2 aromatic rings. The lowest BCUT2D eigenvalue weighted by atomic mass is 10.1. The zero-order valence-electron chi connectivity index (χ0n) is 16.5. The van der Waals surface area contributed by atoms with Crippen LogP contribution < -0.4 is 10.6 Å². The summed E-state index contributed by atoms with van der Waals surface area (Å²) in [4.78, 5) is 35.8. The van der Waals surface area contributed by atoms with Crippen LogP contribution in [0.15, 0.2) is 48.5 Å². The fourth-order valence-corrected chi connectivity index (χ4v) is 2.48. The van der Waals surface area contributed by atoms with Gasteiger partial charge in [-0.25, -0.2) is 9.59 Å². The Morgan fingerprint density at radius 2 is 1.46 bits per heavy atom. The molecule has 6 heteroatoms. The van der Waals surface area contributed by atoms with Gasteiger partial charge in [0.15, 0.2) is 12.4 Å². The average Bonchev–Trinajstić information content (AvgIpc) is 2.70. The van der Waals surface area contributed by atoms with Crippen LogP contribution in [0, 0.1) is 0 Å². The van der Waals surface area contributed by atoms with Crippen molar-refractivity contribution in [2.45, 2.75) is 39.8 Å². The molecular weight excluding hydrogens is 356 g/mol. The third-order valence-electron chi connectivity index (χ3n) is 4.08. The number of carbonyl (C=O) groups excluding carboxylic acids is 3. The van der Waals surface area contributed by atoms with Gasteiger partial charge < -0.3 is 15.4 Å². The van der Waals surface area contributed by atoms with Crippen molar-refractivity contribution in [3.8, 4) is 0 Å². The maximum atomic E-state index is 12.1. The molecule has 0 aromatic heterocycles. The van der Waals surface area contributed by atoms with Crippen LogP contribution >= 0.6 is 0 Å². The number of esters is 1. The maximum absolute atomic E-state index is 12.1. The highest BCUT2D eigenvalue weighted by Crippen LogP contribution is 2.09. The number of nitrogens with one attached hydrogen (secondary N) is 2. The summed E-state index contributed by atoms with van der Waals surface area (Å²) in [5.74, 6) is -0.802. The average molecular weight is 382 g/mol. The Hall–Kier alpha value is -3.15. The lowest BCUT2D eigenvalue weighted by Gasteiger charge is -2.10. The van der Waals surface area contributed by atoms with E-state index in [0.717, 1.165) is 17.5 Å². The molecule has 2 rings (SSSR count). The first-order valence-electron chi connectivity index (χ1n) is 9.31. The van der Waals surface area contributed by atoms with E-state index in [-0.39, 0.29) is 24.5 Å². The van der Waals surface area contributed by atoms with Crippen molar-refractivity contribution in [2.75, 3.05) is 6.61 Å². The van der Waals surface area contributed by atoms with Gasteiger partial charge in [0.25, 0.3) is 0 Å². The highest BCUT2D eigenvalue weighted by Gasteiger charge is 2.12. The van der Waals surface area contributed by atoms with Gasteiger partial charge in [-0.2, -0.15) is 0 Å². The van der Waals surface area contributed by atoms with Crippen LogP contribution in [-0.2, 0) is 17.7 Å². The molecule has 6 nitrogen and oxygen atoms in total. The number of hydrogen-bond donors (Lipinski definition) is 2. The smallest absolute Gasteiger partial charge is 0.338 e. The summed E-state index contributed by atoms with van der Waals surface area (Å²) in [6.07, 6.45) is 0.900. The first kappa shape index (κ1) is 21.2. The van der Waals surface area contributed by atoms with E-state index in [1.807, 2.05) is 32.9 Å². The third kappa shape index (κ3) is 6.54. The molecule has 0 bridgehead atoms. The first-order chi connectivity index (χ1) is 13.4. The topological polar surface area (TPSA) is 84.5 Å². The van der Waals surface area contributed by atoms with Crippen molar-refractivity contribution in [1.82, 2.24) is 10.6 Å². The Balaban J connectivity index is 1.83. The summed E-state index contributed by atoms with van der Waals surface area (Å²) in [6.45, 7) is 5.85. The molecule has 2 amide bonds. The van der Waals surface area contributed by atoms with Gasteiger partial charge in [-0.3, -0.25) is 4.79 Å². The molecule has 0 unspecified atom stereocenters. The number of carbonyl (C=O) groups is 3. The van der Waals surface area contributed by atoms with Crippen molar-refractivity contribution < 1.29 is 19.1 Å². The van der Waals surface area contributed by atoms with E-state index in [4.69, 9.17) is 4.74 Å². The summed E-state index contributed by atoms with van der Waals surface area (Å²) in [5, 5.41) is 5.47. The second-order valence-corrected chi connectivity index (χ2v) is 6.73. The standard InChI is InChI=1S/C22H26N2O4/c1-4-16-5-9-18(10-6-16)20(25)14-28-21(26)19-11-7-17(8-12-19)13-23-22(27)24-15(2)3/h5-12,15H,4,13-14H2,1-3H3,(H2,23,24,27). The molecule has 2 N–H and O–H groups in total. The Bertz CT molecular complexity index is 811. The zero-order chi connectivity index (χ0) is 20.5. The molecule has 148 valence electrons. The maximum Gasteiger partial charge on any atom is 0.338 e. The van der Waals surface area contributed by atoms with E-state index in [1.54, 1.807) is 36.4 Å². The van der Waals surface area contributed by atoms with E-state index in [1.165, 1.54) is 0 Å². The van der Waals surface area contributed by atoms with E-state index >= 15 is 0 Å². The van der Waals surface area contributed by atoms with Gasteiger partial charge in [-0.1, -0.05) is 43.3 Å². The lowest BCUT2D eigenvalue weighted by molar-refractivity contribution is 0.0474. The third-order valence-corrected chi connectivity index (χ3v) is 4.08. The van der Waals surface area contributed by atoms with Gasteiger partial charge >= 0.3 is 12.0 Å². The molecule has 0 atom stereocenters. The molecule has 0 radical (unpaired) electrons. The van der Waals surface area contributed by atoms with Crippen molar-refractivity contribution in [2.24, 2.45) is 0 Å². The van der Waals surface area contributed by atoms with Crippen molar-refractivity contribution >= 4 is 17.8 Å². The van der Waals surface area contributed by atoms with Gasteiger partial charge in [0.05, 0.1) is 5.56 Å². The van der Waals surface area contributed by atoms with Crippen LogP contribution in [0.1, 0.15) is 52.6 Å². The van der Waals surface area contributed by atoms with Crippen LogP contribution in [0.25, 0.3) is 0 Å². The van der Waals surface area contributed by atoms with Gasteiger partial charge in [-0.05, 0) is 43.5 Å². The minimum absolute atomic E-state index is 0.0597. The molecule has 0 aliphatic rings. The van der Waals surface area contributed by atoms with Gasteiger partial charge in [0.1, 0.15) is 0 Å². The van der Waals surface area contributed by atoms with Crippen molar-refractivity contribution in [3.63, 3.8) is 0 Å². The summed E-state index contributed by atoms with van der Waals surface area (Å²) >= 11 is 0. The predicted octanol–water partition coefficient (Wildman–Crippen LogP) is 3.50. The second kappa shape index (κ2) is 10.3. The zero-order valence-corrected chi connectivity index (χ0v) is 16.5. The number of Topliss-reactive ketones (excluding diaryl/α,β-unsaturated/α-hetero) is 1. The lowest BCUT2D eigenvalue weighted by Crippen LogP contribution is -2.39. The van der Waals surface area contributed by atoms with Crippen LogP contribution in [0.3, 0.4) is 0 Å². The molecule has 28 heavy (non-hydrogen) atoms. The number of amides is 2. The molecule has 0 fully saturated rings. The Labute approximate surface area is 165 Å². The molecule has 2 aromatic carbocycles. The summed E-state index contributed by atoms with van der Waals surface area (Å²) in [7, 11) is 0. The number of ether oxygens (including phenoxy) is 1. The number of hydrogen-bond acceptors (Lipinski definition) is 4. The molecular formula is C22H26N2O4. The fourth-order valence-electron chi connectivity index (χ4n) is 2.48. The number of urea groups is 1. The van der Waals surface area contributed by atoms with Crippen LogP contribution in [-0.4, -0.2) is 30.4 Å².